The highest BCUT2D eigenvalue weighted by Crippen LogP contribution is 2.60. The van der Waals surface area contributed by atoms with Crippen LogP contribution in [-0.4, -0.2) is 43.9 Å². The first kappa shape index (κ1) is 21.9. The van der Waals surface area contributed by atoms with Gasteiger partial charge in [-0.3, -0.25) is 0 Å². The molecule has 0 radical (unpaired) electrons. The monoisotopic (exact) mass is 413 g/mol. The van der Waals surface area contributed by atoms with Crippen LogP contribution in [0.5, 0.6) is 5.75 Å². The van der Waals surface area contributed by atoms with E-state index in [0.29, 0.717) is 0 Å². The molecule has 5 atom stereocenters. The molecule has 0 amide bonds. The van der Waals surface area contributed by atoms with Crippen molar-refractivity contribution in [1.29, 1.82) is 0 Å². The second-order valence-electron chi connectivity index (χ2n) is 9.29. The van der Waals surface area contributed by atoms with Crippen molar-refractivity contribution in [3.63, 3.8) is 0 Å². The topological polar surface area (TPSA) is 49.4 Å². The molecule has 4 nitrogen and oxygen atoms in total. The van der Waals surface area contributed by atoms with Crippen LogP contribution in [0.2, 0.25) is 0 Å². The highest BCUT2D eigenvalue weighted by atomic mass is 19.4. The minimum Gasteiger partial charge on any atom is -0.542 e. The van der Waals surface area contributed by atoms with E-state index in [-0.39, 0.29) is 0 Å². The summed E-state index contributed by atoms with van der Waals surface area (Å²) in [5, 5.41) is 8.78. The summed E-state index contributed by atoms with van der Waals surface area (Å²) >= 11 is 0. The third-order valence-electron chi connectivity index (χ3n) is 7.25. The zero-order chi connectivity index (χ0) is 21.4. The molecule has 2 bridgehead atoms. The van der Waals surface area contributed by atoms with Crippen molar-refractivity contribution in [2.24, 2.45) is 23.7 Å². The molecule has 5 unspecified atom stereocenters. The maximum Gasteiger partial charge on any atom is 0.430 e. The van der Waals surface area contributed by atoms with E-state index in [4.69, 9.17) is 14.6 Å². The predicted molar refractivity (Wildman–Crippen MR) is 101 cm³/mol. The van der Waals surface area contributed by atoms with Crippen LogP contribution in [0.1, 0.15) is 37.7 Å². The van der Waals surface area contributed by atoms with E-state index >= 15 is 0 Å². The van der Waals surface area contributed by atoms with Crippen molar-refractivity contribution in [2.45, 2.75) is 50.9 Å². The summed E-state index contributed by atoms with van der Waals surface area (Å²) in [7, 11) is 6.67. The van der Waals surface area contributed by atoms with Gasteiger partial charge in [0, 0.05) is 17.9 Å². The first-order valence-electron chi connectivity index (χ1n) is 10.3. The second kappa shape index (κ2) is 8.17. The Labute approximate surface area is 170 Å². The van der Waals surface area contributed by atoms with Gasteiger partial charge < -0.3 is 19.1 Å². The second-order valence-corrected chi connectivity index (χ2v) is 9.29. The van der Waals surface area contributed by atoms with Crippen LogP contribution >= 0.6 is 0 Å². The Morgan fingerprint density at radius 2 is 1.83 bits per heavy atom. The lowest BCUT2D eigenvalue weighted by atomic mass is 9.78. The summed E-state index contributed by atoms with van der Waals surface area (Å²) in [6, 6.07) is 9.52. The highest BCUT2D eigenvalue weighted by Gasteiger charge is 2.58. The molecule has 0 aromatic heterocycles. The third kappa shape index (κ3) is 4.71. The number of nitrogens with zero attached hydrogens (tertiary/aromatic N) is 1. The maximum absolute atomic E-state index is 10.5. The normalized spacial score (nSPS) is 30.5. The van der Waals surface area contributed by atoms with Gasteiger partial charge in [0.25, 0.3) is 0 Å². The molecule has 7 heteroatoms. The van der Waals surface area contributed by atoms with Crippen molar-refractivity contribution < 1.29 is 32.3 Å². The number of carboxylic acid groups (broad SMARTS) is 1. The maximum atomic E-state index is 10.5. The van der Waals surface area contributed by atoms with E-state index in [9.17, 15) is 13.2 Å². The number of carbonyl (C=O) groups is 1. The molecule has 0 saturated heterocycles. The molecular formula is C22H30F3NO3. The van der Waals surface area contributed by atoms with Gasteiger partial charge in [-0.2, -0.15) is 13.2 Å². The largest absolute Gasteiger partial charge is 0.542 e. The molecule has 3 aliphatic rings. The highest BCUT2D eigenvalue weighted by molar-refractivity contribution is 5.70. The molecule has 0 heterocycles. The summed E-state index contributed by atoms with van der Waals surface area (Å²) in [6.07, 6.45) is 2.35. The van der Waals surface area contributed by atoms with Gasteiger partial charge in [0.1, 0.15) is 18.3 Å². The van der Waals surface area contributed by atoms with E-state index < -0.39 is 12.1 Å². The van der Waals surface area contributed by atoms with Crippen molar-refractivity contribution in [2.75, 3.05) is 21.2 Å². The number of hydrogen-bond acceptors (Lipinski definition) is 3. The zero-order valence-corrected chi connectivity index (χ0v) is 17.2. The lowest BCUT2D eigenvalue weighted by molar-refractivity contribution is -0.931. The van der Waals surface area contributed by atoms with Gasteiger partial charge in [-0.1, -0.05) is 18.6 Å². The number of fused-ring (bicyclic) bond motifs is 5. The minimum absolute atomic E-state index is 0.871. The predicted octanol–water partition coefficient (Wildman–Crippen LogP) is 3.39. The molecule has 4 rings (SSSR count). The fourth-order valence-corrected chi connectivity index (χ4v) is 6.19. The summed E-state index contributed by atoms with van der Waals surface area (Å²) < 4.78 is 38.1. The molecule has 0 spiro atoms. The van der Waals surface area contributed by atoms with Crippen molar-refractivity contribution >= 4 is 5.97 Å². The van der Waals surface area contributed by atoms with Gasteiger partial charge in [0.05, 0.1) is 27.2 Å². The van der Waals surface area contributed by atoms with Crippen LogP contribution in [0, 0.1) is 23.7 Å². The average molecular weight is 413 g/mol. The number of benzene rings is 1. The molecule has 3 fully saturated rings. The van der Waals surface area contributed by atoms with E-state index in [1.54, 1.807) is 7.11 Å². The summed E-state index contributed by atoms with van der Waals surface area (Å²) in [5.41, 5.74) is 1.41. The lowest BCUT2D eigenvalue weighted by Gasteiger charge is -2.43. The Bertz CT molecular complexity index is 734. The van der Waals surface area contributed by atoms with Crippen LogP contribution in [0.4, 0.5) is 13.2 Å². The Kier molecular flexibility index (Phi) is 6.18. The van der Waals surface area contributed by atoms with Crippen LogP contribution < -0.4 is 9.84 Å². The van der Waals surface area contributed by atoms with Crippen molar-refractivity contribution in [1.82, 2.24) is 0 Å². The van der Waals surface area contributed by atoms with E-state index in [2.05, 4.69) is 32.3 Å². The van der Waals surface area contributed by atoms with Crippen LogP contribution in [0.15, 0.2) is 24.3 Å². The Morgan fingerprint density at radius 3 is 2.45 bits per heavy atom. The fourth-order valence-electron chi connectivity index (χ4n) is 6.19. The molecule has 1 aromatic rings. The molecular weight excluding hydrogens is 383 g/mol. The van der Waals surface area contributed by atoms with Crippen molar-refractivity contribution in [3.8, 4) is 5.75 Å². The fraction of sp³-hybridized carbons (Fsp3) is 0.682. The number of methoxy groups -OCH3 is 1. The first-order chi connectivity index (χ1) is 13.5. The number of rotatable bonds is 4. The Hall–Kier alpha value is -1.76. The smallest absolute Gasteiger partial charge is 0.430 e. The van der Waals surface area contributed by atoms with Crippen LogP contribution in [0.25, 0.3) is 0 Å². The van der Waals surface area contributed by atoms with Gasteiger partial charge >= 0.3 is 6.18 Å². The third-order valence-corrected chi connectivity index (χ3v) is 7.25. The average Bonchev–Trinajstić information content (AvgIpc) is 3.34. The minimum atomic E-state index is -5.19. The number of hydrogen-bond donors (Lipinski definition) is 0. The quantitative estimate of drug-likeness (QED) is 0.711. The number of carboxylic acids is 1. The van der Waals surface area contributed by atoms with E-state index in [1.807, 2.05) is 6.07 Å². The Morgan fingerprint density at radius 1 is 1.17 bits per heavy atom. The first-order valence-corrected chi connectivity index (χ1v) is 10.3. The number of quaternary nitrogens is 1. The lowest BCUT2D eigenvalue weighted by Crippen LogP contribution is -2.52. The standard InChI is InChI=1S/C20H30NO.C2HF3O2/c1-21(2,13-14-6-4-7-16(10-14)22-3)20-12-15-11-19(20)18-9-5-8-17(15)18;3-2(4,5)1(6)7/h4,6-7,10,15,17-20H,5,8-9,11-13H2,1-3H3;(H,6,7)/q+1;/p-1. The molecule has 1 aromatic carbocycles. The van der Waals surface area contributed by atoms with E-state index in [1.165, 1.54) is 37.7 Å². The molecule has 3 aliphatic carbocycles. The number of halogens is 3. The molecule has 3 saturated carbocycles. The van der Waals surface area contributed by atoms with Gasteiger partial charge in [-0.25, -0.2) is 0 Å². The van der Waals surface area contributed by atoms with Gasteiger partial charge in [0.15, 0.2) is 0 Å². The van der Waals surface area contributed by atoms with Gasteiger partial charge in [-0.15, -0.1) is 0 Å². The summed E-state index contributed by atoms with van der Waals surface area (Å²) in [4.78, 5) is 8.78. The van der Waals surface area contributed by atoms with Gasteiger partial charge in [0.2, 0.25) is 0 Å². The molecule has 29 heavy (non-hydrogen) atoms. The zero-order valence-electron chi connectivity index (χ0n) is 17.2. The number of alkyl halides is 3. The SMILES string of the molecule is COc1cccc(C[N+](C)(C)C2CC3CC2C2CCCC32)c1.O=C([O-])C(F)(F)F. The van der Waals surface area contributed by atoms with Crippen LogP contribution in [-0.2, 0) is 11.3 Å². The molecule has 162 valence electrons. The molecule has 0 aliphatic heterocycles. The molecule has 0 N–H and O–H groups in total. The Balaban J connectivity index is 0.000000298. The van der Waals surface area contributed by atoms with E-state index in [0.717, 1.165) is 46.5 Å². The number of aliphatic carboxylic acids is 1. The van der Waals surface area contributed by atoms with Crippen molar-refractivity contribution in [3.05, 3.63) is 29.8 Å². The summed E-state index contributed by atoms with van der Waals surface area (Å²) in [5.74, 6) is 2.18. The summed E-state index contributed by atoms with van der Waals surface area (Å²) in [6.45, 7) is 1.13. The van der Waals surface area contributed by atoms with Gasteiger partial charge in [-0.05, 0) is 49.1 Å². The number of carbonyl (C=O) groups excluding carboxylic acids is 1. The van der Waals surface area contributed by atoms with Crippen LogP contribution in [0.3, 0.4) is 0 Å². The number of ether oxygens (including phenoxy) is 1.